The summed E-state index contributed by atoms with van der Waals surface area (Å²) in [5.41, 5.74) is 9.25. The highest BCUT2D eigenvalue weighted by Crippen LogP contribution is 2.34. The molecule has 2 N–H and O–H groups in total. The Morgan fingerprint density at radius 2 is 1.95 bits per heavy atom. The van der Waals surface area contributed by atoms with E-state index in [1.54, 1.807) is 17.8 Å². The van der Waals surface area contributed by atoms with E-state index < -0.39 is 0 Å². The van der Waals surface area contributed by atoms with Gasteiger partial charge in [0, 0.05) is 15.4 Å². The van der Waals surface area contributed by atoms with Crippen LogP contribution >= 0.6 is 11.8 Å². The van der Waals surface area contributed by atoms with Crippen LogP contribution in [0.4, 0.5) is 4.39 Å². The van der Waals surface area contributed by atoms with E-state index in [0.717, 1.165) is 10.5 Å². The predicted octanol–water partition coefficient (Wildman–Crippen LogP) is 3.97. The Hall–Kier alpha value is -1.32. The van der Waals surface area contributed by atoms with E-state index in [2.05, 4.69) is 18.2 Å². The summed E-state index contributed by atoms with van der Waals surface area (Å²) in [5.74, 6) is -0.151. The monoisotopic (exact) mass is 287 g/mol. The van der Waals surface area contributed by atoms with Gasteiger partial charge in [0.05, 0.1) is 0 Å². The lowest BCUT2D eigenvalue weighted by atomic mass is 10.1. The summed E-state index contributed by atoms with van der Waals surface area (Å²) in [7, 11) is 0. The lowest BCUT2D eigenvalue weighted by Crippen LogP contribution is -2.05. The summed E-state index contributed by atoms with van der Waals surface area (Å²) >= 11 is 1.64. The van der Waals surface area contributed by atoms with Crippen LogP contribution < -0.4 is 5.73 Å². The highest BCUT2D eigenvalue weighted by atomic mass is 32.2. The van der Waals surface area contributed by atoms with Gasteiger partial charge in [-0.2, -0.15) is 0 Å². The van der Waals surface area contributed by atoms with Crippen molar-refractivity contribution < 1.29 is 4.39 Å². The summed E-state index contributed by atoms with van der Waals surface area (Å²) < 4.78 is 13.9. The van der Waals surface area contributed by atoms with E-state index in [4.69, 9.17) is 5.73 Å². The highest BCUT2D eigenvalue weighted by molar-refractivity contribution is 7.99. The standard InChI is InChI=1S/C17H18FNS/c18-16-5-2-6-17(15(16)9-10-19)20-14-8-7-12-3-1-4-13(12)11-14/h2,5-8,11H,1,3-4,9-10,19H2. The molecule has 0 atom stereocenters. The molecule has 0 amide bonds. The molecule has 2 aromatic carbocycles. The zero-order chi connectivity index (χ0) is 13.9. The molecule has 104 valence electrons. The fourth-order valence-electron chi connectivity index (χ4n) is 2.76. The summed E-state index contributed by atoms with van der Waals surface area (Å²) in [6.07, 6.45) is 4.20. The van der Waals surface area contributed by atoms with Crippen molar-refractivity contribution in [3.05, 3.63) is 58.9 Å². The number of fused-ring (bicyclic) bond motifs is 1. The molecule has 0 unspecified atom stereocenters. The number of halogens is 1. The molecular weight excluding hydrogens is 269 g/mol. The van der Waals surface area contributed by atoms with Gasteiger partial charge in [-0.3, -0.25) is 0 Å². The van der Waals surface area contributed by atoms with Crippen molar-refractivity contribution >= 4 is 11.8 Å². The first-order valence-electron chi connectivity index (χ1n) is 7.05. The minimum Gasteiger partial charge on any atom is -0.330 e. The van der Waals surface area contributed by atoms with Crippen molar-refractivity contribution in [2.45, 2.75) is 35.5 Å². The van der Waals surface area contributed by atoms with Crippen molar-refractivity contribution in [3.63, 3.8) is 0 Å². The van der Waals surface area contributed by atoms with Gasteiger partial charge in [-0.05, 0) is 67.6 Å². The molecule has 1 aliphatic carbocycles. The lowest BCUT2D eigenvalue weighted by Gasteiger charge is -2.10. The SMILES string of the molecule is NCCc1c(F)cccc1Sc1ccc2c(c1)CCC2. The number of aryl methyl sites for hydroxylation is 2. The van der Waals surface area contributed by atoms with Gasteiger partial charge in [-0.25, -0.2) is 4.39 Å². The summed E-state index contributed by atoms with van der Waals surface area (Å²) in [5, 5.41) is 0. The van der Waals surface area contributed by atoms with E-state index in [9.17, 15) is 4.39 Å². The third-order valence-corrected chi connectivity index (χ3v) is 4.86. The van der Waals surface area contributed by atoms with Crippen LogP contribution in [0.25, 0.3) is 0 Å². The van der Waals surface area contributed by atoms with Crippen LogP contribution in [-0.4, -0.2) is 6.54 Å². The molecule has 0 fully saturated rings. The number of hydrogen-bond acceptors (Lipinski definition) is 2. The van der Waals surface area contributed by atoms with E-state index in [1.807, 2.05) is 6.07 Å². The molecule has 3 heteroatoms. The van der Waals surface area contributed by atoms with Crippen LogP contribution in [-0.2, 0) is 19.3 Å². The average molecular weight is 287 g/mol. The van der Waals surface area contributed by atoms with Crippen molar-refractivity contribution in [1.29, 1.82) is 0 Å². The van der Waals surface area contributed by atoms with Gasteiger partial charge in [0.1, 0.15) is 5.82 Å². The van der Waals surface area contributed by atoms with E-state index in [-0.39, 0.29) is 5.82 Å². The Kier molecular flexibility index (Phi) is 4.08. The Labute approximate surface area is 123 Å². The van der Waals surface area contributed by atoms with Gasteiger partial charge in [0.15, 0.2) is 0 Å². The molecule has 3 rings (SSSR count). The second-order valence-corrected chi connectivity index (χ2v) is 6.26. The zero-order valence-electron chi connectivity index (χ0n) is 11.4. The Morgan fingerprint density at radius 1 is 1.10 bits per heavy atom. The molecule has 0 spiro atoms. The molecule has 0 bridgehead atoms. The maximum Gasteiger partial charge on any atom is 0.127 e. The molecule has 1 nitrogen and oxygen atoms in total. The van der Waals surface area contributed by atoms with Crippen LogP contribution in [0.15, 0.2) is 46.2 Å². The number of benzene rings is 2. The highest BCUT2D eigenvalue weighted by Gasteiger charge is 2.13. The van der Waals surface area contributed by atoms with Crippen LogP contribution in [0.1, 0.15) is 23.1 Å². The second-order valence-electron chi connectivity index (χ2n) is 5.14. The van der Waals surface area contributed by atoms with Gasteiger partial charge in [0.25, 0.3) is 0 Å². The quantitative estimate of drug-likeness (QED) is 0.921. The van der Waals surface area contributed by atoms with Crippen LogP contribution in [0.3, 0.4) is 0 Å². The Balaban J connectivity index is 1.89. The van der Waals surface area contributed by atoms with E-state index >= 15 is 0 Å². The third-order valence-electron chi connectivity index (χ3n) is 3.77. The topological polar surface area (TPSA) is 26.0 Å². The van der Waals surface area contributed by atoms with Crippen LogP contribution in [0.2, 0.25) is 0 Å². The molecule has 0 saturated carbocycles. The number of rotatable bonds is 4. The minimum absolute atomic E-state index is 0.151. The van der Waals surface area contributed by atoms with Gasteiger partial charge < -0.3 is 5.73 Å². The molecule has 2 aromatic rings. The zero-order valence-corrected chi connectivity index (χ0v) is 12.2. The van der Waals surface area contributed by atoms with Crippen molar-refractivity contribution in [2.24, 2.45) is 5.73 Å². The molecular formula is C17H18FNS. The normalized spacial score (nSPS) is 13.5. The average Bonchev–Trinajstić information content (AvgIpc) is 2.90. The van der Waals surface area contributed by atoms with E-state index in [1.165, 1.54) is 41.4 Å². The molecule has 20 heavy (non-hydrogen) atoms. The summed E-state index contributed by atoms with van der Waals surface area (Å²) in [6, 6.07) is 11.9. The van der Waals surface area contributed by atoms with Crippen molar-refractivity contribution in [2.75, 3.05) is 6.54 Å². The van der Waals surface area contributed by atoms with Crippen molar-refractivity contribution in [1.82, 2.24) is 0 Å². The van der Waals surface area contributed by atoms with Gasteiger partial charge in [-0.1, -0.05) is 23.9 Å². The lowest BCUT2D eigenvalue weighted by molar-refractivity contribution is 0.603. The Morgan fingerprint density at radius 3 is 2.80 bits per heavy atom. The van der Waals surface area contributed by atoms with Gasteiger partial charge in [0.2, 0.25) is 0 Å². The largest absolute Gasteiger partial charge is 0.330 e. The van der Waals surface area contributed by atoms with Crippen LogP contribution in [0.5, 0.6) is 0 Å². The minimum atomic E-state index is -0.151. The molecule has 0 radical (unpaired) electrons. The Bertz CT molecular complexity index is 624. The van der Waals surface area contributed by atoms with Gasteiger partial charge >= 0.3 is 0 Å². The molecule has 0 aromatic heterocycles. The maximum atomic E-state index is 13.9. The smallest absolute Gasteiger partial charge is 0.127 e. The first kappa shape index (κ1) is 13.7. The molecule has 1 aliphatic rings. The second kappa shape index (κ2) is 5.98. The fourth-order valence-corrected chi connectivity index (χ4v) is 3.82. The number of nitrogens with two attached hydrogens (primary N) is 1. The first-order valence-corrected chi connectivity index (χ1v) is 7.86. The third kappa shape index (κ3) is 2.74. The van der Waals surface area contributed by atoms with Crippen LogP contribution in [0, 0.1) is 5.82 Å². The predicted molar refractivity (Wildman–Crippen MR) is 81.7 cm³/mol. The fraction of sp³-hybridized carbons (Fsp3) is 0.294. The number of hydrogen-bond donors (Lipinski definition) is 1. The summed E-state index contributed by atoms with van der Waals surface area (Å²) in [6.45, 7) is 0.471. The van der Waals surface area contributed by atoms with Crippen molar-refractivity contribution in [3.8, 4) is 0 Å². The van der Waals surface area contributed by atoms with Gasteiger partial charge in [-0.15, -0.1) is 0 Å². The maximum absolute atomic E-state index is 13.9. The van der Waals surface area contributed by atoms with E-state index in [0.29, 0.717) is 13.0 Å². The molecule has 0 aliphatic heterocycles. The first-order chi connectivity index (χ1) is 9.78. The molecule has 0 saturated heterocycles. The summed E-state index contributed by atoms with van der Waals surface area (Å²) in [4.78, 5) is 2.17. The molecule has 0 heterocycles.